The average Bonchev–Trinajstić information content (AvgIpc) is 2.38. The van der Waals surface area contributed by atoms with Crippen LogP contribution < -0.4 is 9.64 Å². The van der Waals surface area contributed by atoms with Gasteiger partial charge in [0.05, 0.1) is 7.11 Å². The lowest BCUT2D eigenvalue weighted by Gasteiger charge is -2.45. The van der Waals surface area contributed by atoms with E-state index in [-0.39, 0.29) is 5.91 Å². The van der Waals surface area contributed by atoms with Crippen LogP contribution in [-0.2, 0) is 4.79 Å². The predicted molar refractivity (Wildman–Crippen MR) is 76.7 cm³/mol. The van der Waals surface area contributed by atoms with Gasteiger partial charge in [0.15, 0.2) is 0 Å². The molecule has 1 aromatic carbocycles. The van der Waals surface area contributed by atoms with Crippen LogP contribution in [0.25, 0.3) is 0 Å². The van der Waals surface area contributed by atoms with Gasteiger partial charge in [-0.1, -0.05) is 0 Å². The van der Waals surface area contributed by atoms with Gasteiger partial charge in [0.1, 0.15) is 5.75 Å². The third kappa shape index (κ3) is 2.83. The van der Waals surface area contributed by atoms with Crippen molar-refractivity contribution < 1.29 is 9.53 Å². The van der Waals surface area contributed by atoms with Crippen LogP contribution in [0.5, 0.6) is 5.75 Å². The monoisotopic (exact) mass is 262 g/mol. The summed E-state index contributed by atoms with van der Waals surface area (Å²) in [6, 6.07) is 8.75. The van der Waals surface area contributed by atoms with Gasteiger partial charge < -0.3 is 14.5 Å². The van der Waals surface area contributed by atoms with Crippen LogP contribution in [0.2, 0.25) is 0 Å². The van der Waals surface area contributed by atoms with E-state index in [1.54, 1.807) is 14.0 Å². The summed E-state index contributed by atoms with van der Waals surface area (Å²) in [4.78, 5) is 15.8. The largest absolute Gasteiger partial charge is 0.497 e. The first-order valence-corrected chi connectivity index (χ1v) is 6.71. The Morgan fingerprint density at radius 2 is 1.68 bits per heavy atom. The van der Waals surface area contributed by atoms with Gasteiger partial charge >= 0.3 is 0 Å². The highest BCUT2D eigenvalue weighted by molar-refractivity contribution is 5.73. The van der Waals surface area contributed by atoms with E-state index in [1.807, 2.05) is 17.0 Å². The summed E-state index contributed by atoms with van der Waals surface area (Å²) in [6.07, 6.45) is 0. The molecule has 1 aliphatic rings. The topological polar surface area (TPSA) is 32.8 Å². The number of hydrogen-bond acceptors (Lipinski definition) is 3. The molecule has 104 valence electrons. The second kappa shape index (κ2) is 5.51. The Kier molecular flexibility index (Phi) is 3.98. The molecular formula is C15H22N2O2. The van der Waals surface area contributed by atoms with Crippen LogP contribution in [0.15, 0.2) is 24.3 Å². The molecule has 4 heteroatoms. The summed E-state index contributed by atoms with van der Waals surface area (Å²) < 4.78 is 5.19. The van der Waals surface area contributed by atoms with Crippen molar-refractivity contribution in [3.8, 4) is 5.75 Å². The first-order chi connectivity index (χ1) is 9.02. The normalized spacial score (nSPS) is 23.4. The van der Waals surface area contributed by atoms with Crippen LogP contribution in [0, 0.1) is 0 Å². The standard InChI is InChI=1S/C15H22N2O2/c1-11-9-16(13(3)18)10-12(2)17(11)14-5-7-15(19-4)8-6-14/h5-8,11-12H,9-10H2,1-4H3/t11-,12-/m1/s1. The molecule has 1 saturated heterocycles. The van der Waals surface area contributed by atoms with Crippen LogP contribution in [-0.4, -0.2) is 43.1 Å². The van der Waals surface area contributed by atoms with Crippen molar-refractivity contribution in [1.29, 1.82) is 0 Å². The number of amides is 1. The van der Waals surface area contributed by atoms with Crippen molar-refractivity contribution in [3.63, 3.8) is 0 Å². The van der Waals surface area contributed by atoms with Crippen LogP contribution in [0.4, 0.5) is 5.69 Å². The van der Waals surface area contributed by atoms with E-state index in [9.17, 15) is 4.79 Å². The van der Waals surface area contributed by atoms with Gasteiger partial charge in [0.2, 0.25) is 5.91 Å². The van der Waals surface area contributed by atoms with E-state index >= 15 is 0 Å². The summed E-state index contributed by atoms with van der Waals surface area (Å²) in [5, 5.41) is 0. The Morgan fingerprint density at radius 1 is 1.16 bits per heavy atom. The van der Waals surface area contributed by atoms with Gasteiger partial charge in [-0.05, 0) is 38.1 Å². The minimum atomic E-state index is 0.160. The zero-order valence-corrected chi connectivity index (χ0v) is 12.1. The molecule has 0 spiro atoms. The van der Waals surface area contributed by atoms with Crippen molar-refractivity contribution >= 4 is 11.6 Å². The lowest BCUT2D eigenvalue weighted by Crippen LogP contribution is -2.57. The Hall–Kier alpha value is -1.71. The smallest absolute Gasteiger partial charge is 0.219 e. The van der Waals surface area contributed by atoms with Crippen LogP contribution in [0.1, 0.15) is 20.8 Å². The zero-order valence-electron chi connectivity index (χ0n) is 12.1. The predicted octanol–water partition coefficient (Wildman–Crippen LogP) is 2.14. The summed E-state index contributed by atoms with van der Waals surface area (Å²) in [5.74, 6) is 1.03. The van der Waals surface area contributed by atoms with E-state index in [1.165, 1.54) is 5.69 Å². The lowest BCUT2D eigenvalue weighted by molar-refractivity contribution is -0.130. The fraction of sp³-hybridized carbons (Fsp3) is 0.533. The number of nitrogens with zero attached hydrogens (tertiary/aromatic N) is 2. The fourth-order valence-electron chi connectivity index (χ4n) is 2.84. The van der Waals surface area contributed by atoms with E-state index in [0.717, 1.165) is 18.8 Å². The van der Waals surface area contributed by atoms with Crippen molar-refractivity contribution in [2.75, 3.05) is 25.1 Å². The fourth-order valence-corrected chi connectivity index (χ4v) is 2.84. The molecule has 19 heavy (non-hydrogen) atoms. The van der Waals surface area contributed by atoms with Gasteiger partial charge in [-0.2, -0.15) is 0 Å². The van der Waals surface area contributed by atoms with Crippen molar-refractivity contribution in [2.24, 2.45) is 0 Å². The van der Waals surface area contributed by atoms with Gasteiger partial charge in [-0.3, -0.25) is 4.79 Å². The zero-order chi connectivity index (χ0) is 14.0. The van der Waals surface area contributed by atoms with Crippen LogP contribution >= 0.6 is 0 Å². The Labute approximate surface area is 115 Å². The number of carbonyl (C=O) groups is 1. The highest BCUT2D eigenvalue weighted by Gasteiger charge is 2.30. The highest BCUT2D eigenvalue weighted by Crippen LogP contribution is 2.26. The molecule has 1 amide bonds. The molecular weight excluding hydrogens is 240 g/mol. The SMILES string of the molecule is COc1ccc(N2[C@H](C)CN(C(C)=O)C[C@H]2C)cc1. The molecule has 2 rings (SSSR count). The number of methoxy groups -OCH3 is 1. The number of ether oxygens (including phenoxy) is 1. The number of anilines is 1. The van der Waals surface area contributed by atoms with E-state index < -0.39 is 0 Å². The number of hydrogen-bond donors (Lipinski definition) is 0. The van der Waals surface area contributed by atoms with Gasteiger partial charge in [0.25, 0.3) is 0 Å². The Bertz CT molecular complexity index is 432. The van der Waals surface area contributed by atoms with E-state index in [4.69, 9.17) is 4.74 Å². The molecule has 0 aromatic heterocycles. The lowest BCUT2D eigenvalue weighted by atomic mass is 10.1. The van der Waals surface area contributed by atoms with Crippen molar-refractivity contribution in [2.45, 2.75) is 32.9 Å². The Balaban J connectivity index is 2.17. The van der Waals surface area contributed by atoms with Crippen LogP contribution in [0.3, 0.4) is 0 Å². The summed E-state index contributed by atoms with van der Waals surface area (Å²) in [7, 11) is 1.67. The molecule has 0 N–H and O–H groups in total. The second-order valence-electron chi connectivity index (χ2n) is 5.23. The summed E-state index contributed by atoms with van der Waals surface area (Å²) in [5.41, 5.74) is 1.18. The third-order valence-electron chi connectivity index (χ3n) is 3.73. The molecule has 1 aliphatic heterocycles. The Morgan fingerprint density at radius 3 is 2.11 bits per heavy atom. The minimum absolute atomic E-state index is 0.160. The molecule has 0 radical (unpaired) electrons. The molecule has 0 unspecified atom stereocenters. The van der Waals surface area contributed by atoms with E-state index in [2.05, 4.69) is 30.9 Å². The quantitative estimate of drug-likeness (QED) is 0.818. The highest BCUT2D eigenvalue weighted by atomic mass is 16.5. The molecule has 0 aliphatic carbocycles. The maximum absolute atomic E-state index is 11.5. The summed E-state index contributed by atoms with van der Waals surface area (Å²) in [6.45, 7) is 7.53. The minimum Gasteiger partial charge on any atom is -0.497 e. The second-order valence-corrected chi connectivity index (χ2v) is 5.23. The molecule has 1 aromatic rings. The molecule has 4 nitrogen and oxygen atoms in total. The number of rotatable bonds is 2. The number of benzene rings is 1. The number of piperazine rings is 1. The molecule has 0 saturated carbocycles. The van der Waals surface area contributed by atoms with Gasteiger partial charge in [0, 0.05) is 37.8 Å². The van der Waals surface area contributed by atoms with E-state index in [0.29, 0.717) is 12.1 Å². The first-order valence-electron chi connectivity index (χ1n) is 6.71. The average molecular weight is 262 g/mol. The van der Waals surface area contributed by atoms with Gasteiger partial charge in [-0.25, -0.2) is 0 Å². The molecule has 0 bridgehead atoms. The number of carbonyl (C=O) groups excluding carboxylic acids is 1. The molecule has 1 heterocycles. The maximum atomic E-state index is 11.5. The molecule has 2 atom stereocenters. The first kappa shape index (κ1) is 13.7. The van der Waals surface area contributed by atoms with Gasteiger partial charge in [-0.15, -0.1) is 0 Å². The third-order valence-corrected chi connectivity index (χ3v) is 3.73. The van der Waals surface area contributed by atoms with Crippen molar-refractivity contribution in [1.82, 2.24) is 4.90 Å². The van der Waals surface area contributed by atoms with Crippen molar-refractivity contribution in [3.05, 3.63) is 24.3 Å². The summed E-state index contributed by atoms with van der Waals surface area (Å²) >= 11 is 0. The molecule has 1 fully saturated rings. The maximum Gasteiger partial charge on any atom is 0.219 e.